The maximum absolute atomic E-state index is 12.8. The van der Waals surface area contributed by atoms with E-state index in [1.54, 1.807) is 23.9 Å². The van der Waals surface area contributed by atoms with Gasteiger partial charge in [0.2, 0.25) is 10.0 Å². The minimum absolute atomic E-state index is 0.280. The van der Waals surface area contributed by atoms with Gasteiger partial charge in [-0.15, -0.1) is 0 Å². The first-order chi connectivity index (χ1) is 12.5. The Morgan fingerprint density at radius 1 is 1.27 bits per heavy atom. The Hall–Kier alpha value is -1.56. The lowest BCUT2D eigenvalue weighted by atomic mass is 10.3. The molecule has 0 aliphatic carbocycles. The average Bonchev–Trinajstić information content (AvgIpc) is 2.97. The zero-order valence-corrected chi connectivity index (χ0v) is 17.2. The third-order valence-electron chi connectivity index (χ3n) is 4.21. The van der Waals surface area contributed by atoms with Crippen LogP contribution < -0.4 is 0 Å². The van der Waals surface area contributed by atoms with E-state index in [1.807, 2.05) is 19.9 Å². The Kier molecular flexibility index (Phi) is 7.50. The van der Waals surface area contributed by atoms with Crippen molar-refractivity contribution in [3.63, 3.8) is 0 Å². The van der Waals surface area contributed by atoms with Crippen LogP contribution in [0.15, 0.2) is 28.3 Å². The van der Waals surface area contributed by atoms with Gasteiger partial charge in [-0.25, -0.2) is 13.4 Å². The lowest BCUT2D eigenvalue weighted by molar-refractivity contribution is 0.445. The van der Waals surface area contributed by atoms with Crippen LogP contribution in [0.5, 0.6) is 0 Å². The standard InChI is InChI=1S/C18H26N4O2S2/c1-4-7-12-22-17-10-9-15(26(23,24)21(5-2)6-3)14-16(17)20-18(22)25-13-8-11-19/h9-10,14H,4-8,12-13H2,1-3H3. The largest absolute Gasteiger partial charge is 0.319 e. The molecule has 2 aromatic rings. The zero-order valence-electron chi connectivity index (χ0n) is 15.6. The third-order valence-corrected chi connectivity index (χ3v) is 7.23. The molecule has 0 radical (unpaired) electrons. The number of hydrogen-bond acceptors (Lipinski definition) is 5. The van der Waals surface area contributed by atoms with Crippen LogP contribution in [0.1, 0.15) is 40.0 Å². The van der Waals surface area contributed by atoms with Crippen LogP contribution in [0.25, 0.3) is 11.0 Å². The molecule has 1 aromatic carbocycles. The van der Waals surface area contributed by atoms with E-state index in [4.69, 9.17) is 5.26 Å². The molecule has 6 nitrogen and oxygen atoms in total. The lowest BCUT2D eigenvalue weighted by Crippen LogP contribution is -2.30. The zero-order chi connectivity index (χ0) is 19.2. The van der Waals surface area contributed by atoms with Crippen LogP contribution >= 0.6 is 11.8 Å². The number of fused-ring (bicyclic) bond motifs is 1. The van der Waals surface area contributed by atoms with Crippen molar-refractivity contribution in [3.8, 4) is 6.07 Å². The summed E-state index contributed by atoms with van der Waals surface area (Å²) >= 11 is 1.55. The SMILES string of the molecule is CCCCn1c(SCCC#N)nc2cc(S(=O)(=O)N(CC)CC)ccc21. The van der Waals surface area contributed by atoms with Gasteiger partial charge in [0.25, 0.3) is 0 Å². The van der Waals surface area contributed by atoms with Gasteiger partial charge < -0.3 is 4.57 Å². The summed E-state index contributed by atoms with van der Waals surface area (Å²) in [5.41, 5.74) is 1.63. The van der Waals surface area contributed by atoms with E-state index >= 15 is 0 Å². The van der Waals surface area contributed by atoms with Crippen molar-refractivity contribution < 1.29 is 8.42 Å². The maximum Gasteiger partial charge on any atom is 0.243 e. The molecule has 0 atom stereocenters. The second kappa shape index (κ2) is 9.40. The normalized spacial score (nSPS) is 12.0. The monoisotopic (exact) mass is 394 g/mol. The molecule has 8 heteroatoms. The van der Waals surface area contributed by atoms with Crippen molar-refractivity contribution in [1.29, 1.82) is 5.26 Å². The van der Waals surface area contributed by atoms with E-state index in [-0.39, 0.29) is 4.90 Å². The van der Waals surface area contributed by atoms with Gasteiger partial charge in [-0.3, -0.25) is 0 Å². The highest BCUT2D eigenvalue weighted by Gasteiger charge is 2.23. The van der Waals surface area contributed by atoms with Crippen LogP contribution in [0, 0.1) is 11.3 Å². The summed E-state index contributed by atoms with van der Waals surface area (Å²) in [7, 11) is -3.50. The number of nitriles is 1. The first-order valence-electron chi connectivity index (χ1n) is 8.99. The van der Waals surface area contributed by atoms with Crippen LogP contribution in [0.4, 0.5) is 0 Å². The number of aromatic nitrogens is 2. The predicted molar refractivity (Wildman–Crippen MR) is 106 cm³/mol. The number of hydrogen-bond donors (Lipinski definition) is 0. The second-order valence-corrected chi connectivity index (χ2v) is 8.90. The van der Waals surface area contributed by atoms with E-state index in [0.717, 1.165) is 30.1 Å². The fourth-order valence-electron chi connectivity index (χ4n) is 2.79. The molecule has 0 unspecified atom stereocenters. The predicted octanol–water partition coefficient (Wildman–Crippen LogP) is 3.87. The summed E-state index contributed by atoms with van der Waals surface area (Å²) < 4.78 is 29.1. The Bertz CT molecular complexity index is 880. The Morgan fingerprint density at radius 3 is 2.62 bits per heavy atom. The van der Waals surface area contributed by atoms with Crippen molar-refractivity contribution in [3.05, 3.63) is 18.2 Å². The van der Waals surface area contributed by atoms with Gasteiger partial charge in [0.05, 0.1) is 22.0 Å². The molecule has 26 heavy (non-hydrogen) atoms. The lowest BCUT2D eigenvalue weighted by Gasteiger charge is -2.18. The average molecular weight is 395 g/mol. The molecule has 0 saturated carbocycles. The summed E-state index contributed by atoms with van der Waals surface area (Å²) in [6.45, 7) is 7.53. The molecule has 0 aliphatic heterocycles. The number of sulfonamides is 1. The van der Waals surface area contributed by atoms with Crippen LogP contribution in [-0.2, 0) is 16.6 Å². The summed E-state index contributed by atoms with van der Waals surface area (Å²) in [6, 6.07) is 7.33. The number of thioether (sulfide) groups is 1. The van der Waals surface area contributed by atoms with Crippen LogP contribution in [0.2, 0.25) is 0 Å². The molecule has 1 heterocycles. The molecule has 0 aliphatic rings. The highest BCUT2D eigenvalue weighted by Crippen LogP contribution is 2.28. The molecular formula is C18H26N4O2S2. The van der Waals surface area contributed by atoms with Gasteiger partial charge >= 0.3 is 0 Å². The van der Waals surface area contributed by atoms with E-state index in [1.165, 1.54) is 4.31 Å². The first-order valence-corrected chi connectivity index (χ1v) is 11.4. The Morgan fingerprint density at radius 2 is 2.00 bits per heavy atom. The summed E-state index contributed by atoms with van der Waals surface area (Å²) in [4.78, 5) is 4.94. The second-order valence-electron chi connectivity index (χ2n) is 5.90. The van der Waals surface area contributed by atoms with E-state index < -0.39 is 10.0 Å². The summed E-state index contributed by atoms with van der Waals surface area (Å²) in [5.74, 6) is 0.677. The van der Waals surface area contributed by atoms with Gasteiger partial charge in [0, 0.05) is 31.8 Å². The van der Waals surface area contributed by atoms with Gasteiger partial charge in [-0.05, 0) is 24.6 Å². The summed E-state index contributed by atoms with van der Waals surface area (Å²) in [5, 5.41) is 9.61. The highest BCUT2D eigenvalue weighted by atomic mass is 32.2. The van der Waals surface area contributed by atoms with Crippen molar-refractivity contribution in [2.45, 2.75) is 56.6 Å². The highest BCUT2D eigenvalue weighted by molar-refractivity contribution is 7.99. The van der Waals surface area contributed by atoms with Crippen molar-refractivity contribution >= 4 is 32.8 Å². The van der Waals surface area contributed by atoms with Crippen LogP contribution in [0.3, 0.4) is 0 Å². The van der Waals surface area contributed by atoms with Crippen LogP contribution in [-0.4, -0.2) is 41.1 Å². The van der Waals surface area contributed by atoms with Gasteiger partial charge in [0.1, 0.15) is 0 Å². The van der Waals surface area contributed by atoms with E-state index in [0.29, 0.717) is 30.8 Å². The molecular weight excluding hydrogens is 368 g/mol. The molecule has 142 valence electrons. The minimum Gasteiger partial charge on any atom is -0.319 e. The van der Waals surface area contributed by atoms with E-state index in [9.17, 15) is 8.42 Å². The van der Waals surface area contributed by atoms with Gasteiger partial charge in [0.15, 0.2) is 5.16 Å². The molecule has 0 spiro atoms. The van der Waals surface area contributed by atoms with Crippen molar-refractivity contribution in [2.24, 2.45) is 0 Å². The Labute approximate surface area is 160 Å². The minimum atomic E-state index is -3.50. The molecule has 0 bridgehead atoms. The number of aryl methyl sites for hydroxylation is 1. The first kappa shape index (κ1) is 20.7. The number of unbranched alkanes of at least 4 members (excludes halogenated alkanes) is 1. The number of rotatable bonds is 10. The quantitative estimate of drug-likeness (QED) is 0.451. The number of imidazole rings is 1. The molecule has 1 aromatic heterocycles. The maximum atomic E-state index is 12.8. The molecule has 0 fully saturated rings. The smallest absolute Gasteiger partial charge is 0.243 e. The summed E-state index contributed by atoms with van der Waals surface area (Å²) in [6.07, 6.45) is 2.55. The molecule has 0 amide bonds. The molecule has 0 N–H and O–H groups in total. The van der Waals surface area contributed by atoms with Crippen molar-refractivity contribution in [2.75, 3.05) is 18.8 Å². The van der Waals surface area contributed by atoms with Gasteiger partial charge in [-0.1, -0.05) is 39.0 Å². The Balaban J connectivity index is 2.47. The van der Waals surface area contributed by atoms with Crippen molar-refractivity contribution in [1.82, 2.24) is 13.9 Å². The topological polar surface area (TPSA) is 79.0 Å². The van der Waals surface area contributed by atoms with E-state index in [2.05, 4.69) is 22.5 Å². The molecule has 2 rings (SSSR count). The fourth-order valence-corrected chi connectivity index (χ4v) is 5.15. The molecule has 0 saturated heterocycles. The van der Waals surface area contributed by atoms with Gasteiger partial charge in [-0.2, -0.15) is 9.57 Å². The number of nitrogens with zero attached hydrogens (tertiary/aromatic N) is 4. The fraction of sp³-hybridized carbons (Fsp3) is 0.556. The third kappa shape index (κ3) is 4.40. The number of benzene rings is 1.